The maximum absolute atomic E-state index is 11.8. The predicted octanol–water partition coefficient (Wildman–Crippen LogP) is 3.35. The molecule has 0 fully saturated rings. The number of rotatable bonds is 6. The van der Waals surface area contributed by atoms with E-state index >= 15 is 0 Å². The minimum atomic E-state index is -3.34. The first-order valence-corrected chi connectivity index (χ1v) is 8.87. The highest BCUT2D eigenvalue weighted by atomic mass is 79.9. The van der Waals surface area contributed by atoms with Crippen LogP contribution in [0.1, 0.15) is 19.8 Å². The van der Waals surface area contributed by atoms with Crippen molar-refractivity contribution in [1.82, 2.24) is 4.72 Å². The van der Waals surface area contributed by atoms with Crippen LogP contribution >= 0.6 is 43.2 Å². The quantitative estimate of drug-likeness (QED) is 0.597. The van der Waals surface area contributed by atoms with E-state index in [9.17, 15) is 8.42 Å². The van der Waals surface area contributed by atoms with Gasteiger partial charge in [0, 0.05) is 15.8 Å². The molecular formula is C9H13Br2NO2S2. The van der Waals surface area contributed by atoms with Gasteiger partial charge in [-0.1, -0.05) is 22.9 Å². The topological polar surface area (TPSA) is 46.2 Å². The minimum Gasteiger partial charge on any atom is -0.210 e. The molecule has 0 aliphatic heterocycles. The molecule has 1 aromatic heterocycles. The van der Waals surface area contributed by atoms with Gasteiger partial charge in [-0.3, -0.25) is 0 Å². The minimum absolute atomic E-state index is 0.347. The zero-order chi connectivity index (χ0) is 12.2. The van der Waals surface area contributed by atoms with E-state index in [4.69, 9.17) is 0 Å². The van der Waals surface area contributed by atoms with Crippen LogP contribution in [-0.4, -0.2) is 19.8 Å². The molecule has 1 N–H and O–H groups in total. The zero-order valence-corrected chi connectivity index (χ0v) is 13.5. The lowest BCUT2D eigenvalue weighted by Crippen LogP contribution is -2.24. The molecule has 0 aliphatic carbocycles. The van der Waals surface area contributed by atoms with Gasteiger partial charge >= 0.3 is 0 Å². The van der Waals surface area contributed by atoms with Crippen molar-refractivity contribution in [1.29, 1.82) is 0 Å². The molecule has 0 aliphatic rings. The Morgan fingerprint density at radius 2 is 2.25 bits per heavy atom. The monoisotopic (exact) mass is 389 g/mol. The van der Waals surface area contributed by atoms with Gasteiger partial charge in [0.2, 0.25) is 0 Å². The van der Waals surface area contributed by atoms with Crippen molar-refractivity contribution in [2.75, 3.05) is 6.54 Å². The average molecular weight is 391 g/mol. The number of sulfonamides is 1. The number of hydrogen-bond acceptors (Lipinski definition) is 3. The van der Waals surface area contributed by atoms with E-state index in [2.05, 4.69) is 36.6 Å². The van der Waals surface area contributed by atoms with Crippen LogP contribution < -0.4 is 4.72 Å². The van der Waals surface area contributed by atoms with Gasteiger partial charge in [-0.05, 0) is 40.2 Å². The molecule has 0 saturated heterocycles. The van der Waals surface area contributed by atoms with Gasteiger partial charge < -0.3 is 0 Å². The first-order chi connectivity index (χ1) is 7.43. The van der Waals surface area contributed by atoms with E-state index in [-0.39, 0.29) is 0 Å². The Hall–Kier alpha value is 0.570. The molecule has 16 heavy (non-hydrogen) atoms. The van der Waals surface area contributed by atoms with E-state index < -0.39 is 10.0 Å². The number of thiophene rings is 1. The Balaban J connectivity index is 2.51. The maximum atomic E-state index is 11.8. The second-order valence-corrected chi connectivity index (χ2v) is 8.67. The fraction of sp³-hybridized carbons (Fsp3) is 0.556. The lowest BCUT2D eigenvalue weighted by Gasteiger charge is -2.06. The summed E-state index contributed by atoms with van der Waals surface area (Å²) in [6, 6.07) is 1.74. The Labute approximate surface area is 117 Å². The van der Waals surface area contributed by atoms with Gasteiger partial charge in [0.25, 0.3) is 10.0 Å². The van der Waals surface area contributed by atoms with Crippen molar-refractivity contribution in [2.45, 2.75) is 28.8 Å². The summed E-state index contributed by atoms with van der Waals surface area (Å²) in [6.07, 6.45) is 1.78. The van der Waals surface area contributed by atoms with Gasteiger partial charge in [-0.15, -0.1) is 11.3 Å². The summed E-state index contributed by atoms with van der Waals surface area (Å²) in [5.74, 6) is 0. The lowest BCUT2D eigenvalue weighted by atomic mass is 10.2. The SMILES string of the molecule is CC(Br)CCCNS(=O)(=O)c1sccc1Br. The molecular weight excluding hydrogens is 378 g/mol. The predicted molar refractivity (Wildman–Crippen MR) is 74.8 cm³/mol. The van der Waals surface area contributed by atoms with Crippen molar-refractivity contribution in [3.63, 3.8) is 0 Å². The molecule has 0 amide bonds. The van der Waals surface area contributed by atoms with Gasteiger partial charge in [-0.2, -0.15) is 0 Å². The lowest BCUT2D eigenvalue weighted by molar-refractivity contribution is 0.578. The average Bonchev–Trinajstić information content (AvgIpc) is 2.59. The third-order valence-electron chi connectivity index (χ3n) is 1.90. The molecule has 1 rings (SSSR count). The highest BCUT2D eigenvalue weighted by Crippen LogP contribution is 2.27. The standard InChI is InChI=1S/C9H13Br2NO2S2/c1-7(10)3-2-5-12-16(13,14)9-8(11)4-6-15-9/h4,6-7,12H,2-3,5H2,1H3. The highest BCUT2D eigenvalue weighted by Gasteiger charge is 2.18. The molecule has 1 heterocycles. The molecule has 0 bridgehead atoms. The van der Waals surface area contributed by atoms with Crippen molar-refractivity contribution in [2.24, 2.45) is 0 Å². The second-order valence-electron chi connectivity index (χ2n) is 3.38. The summed E-state index contributed by atoms with van der Waals surface area (Å²) in [7, 11) is -3.34. The summed E-state index contributed by atoms with van der Waals surface area (Å²) >= 11 is 7.85. The number of halogens is 2. The van der Waals surface area contributed by atoms with Gasteiger partial charge in [-0.25, -0.2) is 13.1 Å². The van der Waals surface area contributed by atoms with Crippen molar-refractivity contribution >= 4 is 53.2 Å². The van der Waals surface area contributed by atoms with Crippen molar-refractivity contribution < 1.29 is 8.42 Å². The molecule has 7 heteroatoms. The molecule has 0 aromatic carbocycles. The van der Waals surface area contributed by atoms with E-state index in [1.165, 1.54) is 11.3 Å². The summed E-state index contributed by atoms with van der Waals surface area (Å²) < 4.78 is 27.2. The van der Waals surface area contributed by atoms with E-state index in [0.29, 0.717) is 20.1 Å². The zero-order valence-electron chi connectivity index (χ0n) is 8.74. The first-order valence-electron chi connectivity index (χ1n) is 4.80. The molecule has 1 unspecified atom stereocenters. The van der Waals surface area contributed by atoms with E-state index in [1.807, 2.05) is 6.92 Å². The fourth-order valence-electron chi connectivity index (χ4n) is 1.13. The van der Waals surface area contributed by atoms with Crippen LogP contribution in [0.4, 0.5) is 0 Å². The van der Waals surface area contributed by atoms with Crippen LogP contribution in [0.3, 0.4) is 0 Å². The Morgan fingerprint density at radius 1 is 1.56 bits per heavy atom. The fourth-order valence-corrected chi connectivity index (χ4v) is 4.90. The normalized spacial score (nSPS) is 13.9. The van der Waals surface area contributed by atoms with Crippen LogP contribution in [0.5, 0.6) is 0 Å². The smallest absolute Gasteiger partial charge is 0.210 e. The summed E-state index contributed by atoms with van der Waals surface area (Å²) in [4.78, 5) is 0.422. The van der Waals surface area contributed by atoms with E-state index in [0.717, 1.165) is 12.8 Å². The van der Waals surface area contributed by atoms with Crippen molar-refractivity contribution in [3.05, 3.63) is 15.9 Å². The molecule has 1 atom stereocenters. The first kappa shape index (κ1) is 14.6. The number of nitrogens with one attached hydrogen (secondary N) is 1. The molecule has 1 aromatic rings. The Kier molecular flexibility index (Phi) is 5.93. The molecule has 0 spiro atoms. The van der Waals surface area contributed by atoms with Crippen LogP contribution in [-0.2, 0) is 10.0 Å². The van der Waals surface area contributed by atoms with Gasteiger partial charge in [0.15, 0.2) is 0 Å². The van der Waals surface area contributed by atoms with Gasteiger partial charge in [0.1, 0.15) is 4.21 Å². The summed E-state index contributed by atoms with van der Waals surface area (Å²) in [5, 5.41) is 1.75. The molecule has 0 saturated carbocycles. The van der Waals surface area contributed by atoms with Crippen molar-refractivity contribution in [3.8, 4) is 0 Å². The number of alkyl halides is 1. The molecule has 0 radical (unpaired) electrons. The third-order valence-corrected chi connectivity index (χ3v) is 6.49. The second kappa shape index (κ2) is 6.49. The van der Waals surface area contributed by atoms with Gasteiger partial charge in [0.05, 0.1) is 0 Å². The Bertz CT molecular complexity index is 428. The van der Waals surface area contributed by atoms with E-state index in [1.54, 1.807) is 11.4 Å². The summed E-state index contributed by atoms with van der Waals surface area (Å²) in [6.45, 7) is 2.52. The number of hydrogen-bond donors (Lipinski definition) is 1. The van der Waals surface area contributed by atoms with Crippen LogP contribution in [0.25, 0.3) is 0 Å². The molecule has 92 valence electrons. The third kappa shape index (κ3) is 4.44. The maximum Gasteiger partial charge on any atom is 0.251 e. The Morgan fingerprint density at radius 3 is 2.75 bits per heavy atom. The van der Waals surface area contributed by atoms with Crippen LogP contribution in [0, 0.1) is 0 Å². The largest absolute Gasteiger partial charge is 0.251 e. The summed E-state index contributed by atoms with van der Waals surface area (Å²) in [5.41, 5.74) is 0. The van der Waals surface area contributed by atoms with Crippen LogP contribution in [0.15, 0.2) is 20.1 Å². The highest BCUT2D eigenvalue weighted by molar-refractivity contribution is 9.10. The molecule has 3 nitrogen and oxygen atoms in total. The van der Waals surface area contributed by atoms with Crippen LogP contribution in [0.2, 0.25) is 0 Å².